The summed E-state index contributed by atoms with van der Waals surface area (Å²) in [5, 5.41) is 32.3. The number of hydrogen-bond acceptors (Lipinski definition) is 12. The first kappa shape index (κ1) is 90.3. The molecule has 498 valence electrons. The van der Waals surface area contributed by atoms with Crippen molar-refractivity contribution in [2.45, 2.75) is 155 Å². The van der Waals surface area contributed by atoms with Crippen molar-refractivity contribution in [1.82, 2.24) is 0 Å². The molecule has 0 radical (unpaired) electrons. The summed E-state index contributed by atoms with van der Waals surface area (Å²) < 4.78 is 19.2. The second kappa shape index (κ2) is 63.5. The Morgan fingerprint density at radius 3 is 0.764 bits per heavy atom. The Labute approximate surface area is 537 Å². The zero-order valence-corrected chi connectivity index (χ0v) is 57.3. The fourth-order valence-electron chi connectivity index (χ4n) is 7.27. The first-order valence-corrected chi connectivity index (χ1v) is 31.3. The molecule has 1 heterocycles. The summed E-state index contributed by atoms with van der Waals surface area (Å²) in [7, 11) is 4.26. The van der Waals surface area contributed by atoms with Crippen molar-refractivity contribution in [2.75, 3.05) is 41.2 Å². The van der Waals surface area contributed by atoms with E-state index in [1.807, 2.05) is 228 Å². The predicted octanol–water partition coefficient (Wildman–Crippen LogP) is 15.1. The van der Waals surface area contributed by atoms with Crippen molar-refractivity contribution in [1.29, 1.82) is 0 Å². The van der Waals surface area contributed by atoms with Gasteiger partial charge in [0.15, 0.2) is 0 Å². The summed E-state index contributed by atoms with van der Waals surface area (Å²) >= 11 is 0. The van der Waals surface area contributed by atoms with Gasteiger partial charge in [0.25, 0.3) is 0 Å². The van der Waals surface area contributed by atoms with E-state index in [0.29, 0.717) is 24.9 Å². The molecule has 7 rings (SSSR count). The molecule has 14 nitrogen and oxygen atoms in total. The Hall–Kier alpha value is -7.49. The third-order valence-corrected chi connectivity index (χ3v) is 11.8. The summed E-state index contributed by atoms with van der Waals surface area (Å²) in [6.07, 6.45) is 4.90. The SMILES string of the molecule is CC.CC.CC.CC.CC(Cc1ccccc1)C(=O)O.CC(Cc1ccccc1)[C@H]1CO1.CCO.CCO.COC(=O)C(C)Cc1ccccc1.COC(=O)C(C)Cc1ccccc1.COC(=O)C(C)Cc1ccccc1.NC(Cc1ccccc1)C(=O)O. The van der Waals surface area contributed by atoms with Gasteiger partial charge in [-0.3, -0.25) is 24.0 Å². The number of epoxide rings is 1. The van der Waals surface area contributed by atoms with E-state index >= 15 is 0 Å². The van der Waals surface area contributed by atoms with Gasteiger partial charge in [-0.15, -0.1) is 0 Å². The van der Waals surface area contributed by atoms with Crippen LogP contribution in [0.5, 0.6) is 0 Å². The molecule has 1 saturated heterocycles. The molecule has 6 N–H and O–H groups in total. The van der Waals surface area contributed by atoms with Crippen LogP contribution in [0, 0.1) is 29.6 Å². The number of carbonyl (C=O) groups excluding carboxylic acids is 3. The van der Waals surface area contributed by atoms with Crippen LogP contribution >= 0.6 is 0 Å². The molecule has 0 saturated carbocycles. The van der Waals surface area contributed by atoms with Crippen molar-refractivity contribution < 1.29 is 63.3 Å². The highest BCUT2D eigenvalue weighted by Gasteiger charge is 2.29. The van der Waals surface area contributed by atoms with Crippen molar-refractivity contribution in [3.63, 3.8) is 0 Å². The topological polar surface area (TPSA) is 233 Å². The summed E-state index contributed by atoms with van der Waals surface area (Å²) in [4.78, 5) is 54.2. The van der Waals surface area contributed by atoms with Gasteiger partial charge in [0.05, 0.1) is 57.7 Å². The second-order valence-corrected chi connectivity index (χ2v) is 19.1. The maximum absolute atomic E-state index is 11.1. The van der Waals surface area contributed by atoms with E-state index in [1.54, 1.807) is 20.8 Å². The number of nitrogens with two attached hydrogens (primary N) is 1. The predicted molar refractivity (Wildman–Crippen MR) is 367 cm³/mol. The van der Waals surface area contributed by atoms with E-state index in [2.05, 4.69) is 51.5 Å². The first-order valence-electron chi connectivity index (χ1n) is 31.3. The van der Waals surface area contributed by atoms with E-state index < -0.39 is 18.0 Å². The van der Waals surface area contributed by atoms with Gasteiger partial charge in [-0.05, 0) is 91.7 Å². The maximum atomic E-state index is 11.1. The molecule has 7 atom stereocenters. The van der Waals surface area contributed by atoms with E-state index in [-0.39, 0.29) is 54.8 Å². The number of hydrogen-bond donors (Lipinski definition) is 5. The van der Waals surface area contributed by atoms with E-state index in [4.69, 9.17) is 30.9 Å². The summed E-state index contributed by atoms with van der Waals surface area (Å²) in [6.45, 7) is 30.4. The number of rotatable bonds is 18. The lowest BCUT2D eigenvalue weighted by atomic mass is 9.99. The number of aliphatic carboxylic acids is 2. The zero-order chi connectivity index (χ0) is 68.8. The van der Waals surface area contributed by atoms with Crippen LogP contribution < -0.4 is 5.73 Å². The molecular formula is C75H115NO13. The van der Waals surface area contributed by atoms with Gasteiger partial charge >= 0.3 is 29.8 Å². The number of carboxylic acid groups (broad SMARTS) is 2. The average Bonchev–Trinajstić information content (AvgIpc) is 4.55. The lowest BCUT2D eigenvalue weighted by Gasteiger charge is -2.08. The number of methoxy groups -OCH3 is 3. The smallest absolute Gasteiger partial charge is 0.320 e. The minimum absolute atomic E-state index is 0.0626. The van der Waals surface area contributed by atoms with Crippen LogP contribution in [0.15, 0.2) is 182 Å². The highest BCUT2D eigenvalue weighted by Crippen LogP contribution is 2.23. The third kappa shape index (κ3) is 52.2. The Bertz CT molecular complexity index is 2300. The molecule has 0 aliphatic carbocycles. The van der Waals surface area contributed by atoms with Gasteiger partial charge in [0.2, 0.25) is 0 Å². The molecule has 1 aliphatic rings. The van der Waals surface area contributed by atoms with Gasteiger partial charge in [-0.2, -0.15) is 0 Å². The molecule has 6 unspecified atom stereocenters. The molecule has 1 aliphatic heterocycles. The van der Waals surface area contributed by atoms with Gasteiger partial charge in [0.1, 0.15) is 6.04 Å². The number of benzene rings is 6. The Kier molecular flexibility index (Phi) is 64.4. The van der Waals surface area contributed by atoms with Gasteiger partial charge in [-0.1, -0.05) is 272 Å². The van der Waals surface area contributed by atoms with Crippen LogP contribution in [0.4, 0.5) is 0 Å². The largest absolute Gasteiger partial charge is 0.481 e. The van der Waals surface area contributed by atoms with Crippen molar-refractivity contribution in [3.8, 4) is 0 Å². The highest BCUT2D eigenvalue weighted by atomic mass is 16.6. The van der Waals surface area contributed by atoms with Crippen LogP contribution in [-0.4, -0.2) is 104 Å². The van der Waals surface area contributed by atoms with Gasteiger partial charge in [-0.25, -0.2) is 0 Å². The molecule has 0 bridgehead atoms. The highest BCUT2D eigenvalue weighted by molar-refractivity contribution is 5.74. The Balaban J connectivity index is -0.000000304. The van der Waals surface area contributed by atoms with E-state index in [0.717, 1.165) is 43.4 Å². The Morgan fingerprint density at radius 2 is 0.584 bits per heavy atom. The second-order valence-electron chi connectivity index (χ2n) is 19.1. The normalized spacial score (nSPS) is 12.5. The number of carbonyl (C=O) groups is 5. The van der Waals surface area contributed by atoms with Crippen molar-refractivity contribution in [2.24, 2.45) is 35.3 Å². The molecule has 6 aromatic rings. The number of ether oxygens (including phenoxy) is 4. The minimum Gasteiger partial charge on any atom is -0.481 e. The Morgan fingerprint density at radius 1 is 0.393 bits per heavy atom. The van der Waals surface area contributed by atoms with Gasteiger partial charge < -0.3 is 45.1 Å². The van der Waals surface area contributed by atoms with Crippen LogP contribution in [0.25, 0.3) is 0 Å². The van der Waals surface area contributed by atoms with Crippen molar-refractivity contribution in [3.05, 3.63) is 215 Å². The first-order chi connectivity index (χ1) is 42.8. The molecule has 0 spiro atoms. The van der Waals surface area contributed by atoms with Crippen LogP contribution in [0.3, 0.4) is 0 Å². The van der Waals surface area contributed by atoms with Gasteiger partial charge in [0, 0.05) is 13.2 Å². The lowest BCUT2D eigenvalue weighted by Crippen LogP contribution is -2.32. The van der Waals surface area contributed by atoms with E-state index in [1.165, 1.54) is 43.6 Å². The summed E-state index contributed by atoms with van der Waals surface area (Å²) in [6, 6.07) is 58.6. The fourth-order valence-corrected chi connectivity index (χ4v) is 7.27. The molecule has 1 fully saturated rings. The number of carboxylic acids is 2. The minimum atomic E-state index is -0.959. The van der Waals surface area contributed by atoms with Crippen LogP contribution in [0.1, 0.15) is 137 Å². The number of aliphatic hydroxyl groups is 2. The number of aliphatic hydroxyl groups excluding tert-OH is 2. The molecule has 0 aromatic heterocycles. The molecule has 14 heteroatoms. The summed E-state index contributed by atoms with van der Waals surface area (Å²) in [5.74, 6) is -1.96. The van der Waals surface area contributed by atoms with E-state index in [9.17, 15) is 24.0 Å². The van der Waals surface area contributed by atoms with Crippen LogP contribution in [-0.2, 0) is 81.4 Å². The molecular weight excluding hydrogens is 1120 g/mol. The number of esters is 3. The van der Waals surface area contributed by atoms with Crippen LogP contribution in [0.2, 0.25) is 0 Å². The average molecular weight is 1240 g/mol. The third-order valence-electron chi connectivity index (χ3n) is 11.8. The quantitative estimate of drug-likeness (QED) is 0.0306. The van der Waals surface area contributed by atoms with Crippen molar-refractivity contribution >= 4 is 29.8 Å². The monoisotopic (exact) mass is 1240 g/mol. The zero-order valence-electron chi connectivity index (χ0n) is 57.3. The molecule has 6 aromatic carbocycles. The maximum Gasteiger partial charge on any atom is 0.320 e. The lowest BCUT2D eigenvalue weighted by molar-refractivity contribution is -0.145. The fraction of sp³-hybridized carbons (Fsp3) is 0.453. The summed E-state index contributed by atoms with van der Waals surface area (Å²) in [5.41, 5.74) is 12.3. The standard InChI is InChI=1S/3C11H14O2.C11H14O.C10H12O2.C9H11NO2.2C2H6O.4C2H6/c3*1-9(11(12)13-2)8-10-6-4-3-5-7-10;1-9(11-8-12-11)7-10-5-3-2-4-6-10;1-8(10(11)12)7-9-5-3-2-4-6-9;10-8(9(11)12)6-7-4-2-1-3-5-7;2*1-2-3;4*1-2/h3*3-7,9H,8H2,1-2H3;2-6,9,11H,7-8H2,1H3;2-6,8H,7H2,1H3,(H,11,12);1-5,8H,6,10H2,(H,11,12);2*3H,2H2,1H3;4*1-2H3/t;;;9?,11-;;;;;;;;/m...1......../s1. The molecule has 0 amide bonds. The molecule has 89 heavy (non-hydrogen) atoms.